The van der Waals surface area contributed by atoms with Crippen molar-refractivity contribution in [1.82, 2.24) is 9.80 Å². The third-order valence-corrected chi connectivity index (χ3v) is 5.33. The number of carbonyl (C=O) groups is 1. The van der Waals surface area contributed by atoms with E-state index in [1.54, 1.807) is 0 Å². The van der Waals surface area contributed by atoms with Gasteiger partial charge in [-0.3, -0.25) is 9.69 Å². The van der Waals surface area contributed by atoms with Gasteiger partial charge in [-0.25, -0.2) is 0 Å². The van der Waals surface area contributed by atoms with Gasteiger partial charge in [0.1, 0.15) is 0 Å². The average molecular weight is 377 g/mol. The second-order valence-electron chi connectivity index (χ2n) is 6.34. The lowest BCUT2D eigenvalue weighted by atomic mass is 10.1. The van der Waals surface area contributed by atoms with Crippen molar-refractivity contribution in [1.29, 1.82) is 0 Å². The fraction of sp³-hybridized carbons (Fsp3) is 0.350. The lowest BCUT2D eigenvalue weighted by Crippen LogP contribution is -2.48. The van der Waals surface area contributed by atoms with Crippen LogP contribution in [0, 0.1) is 0 Å². The molecule has 0 unspecified atom stereocenters. The molecule has 1 heterocycles. The SMILES string of the molecule is O=C(CCc1c(Cl)cccc1Cl)N1CCN(Cc2ccccc2)CC1. The molecule has 0 bridgehead atoms. The van der Waals surface area contributed by atoms with Crippen LogP contribution >= 0.6 is 23.2 Å². The molecule has 1 aliphatic heterocycles. The van der Waals surface area contributed by atoms with Crippen molar-refractivity contribution in [3.63, 3.8) is 0 Å². The van der Waals surface area contributed by atoms with Crippen molar-refractivity contribution >= 4 is 29.1 Å². The highest BCUT2D eigenvalue weighted by Gasteiger charge is 2.21. The predicted octanol–water partition coefficient (Wildman–Crippen LogP) is 4.27. The molecule has 3 nitrogen and oxygen atoms in total. The van der Waals surface area contributed by atoms with Crippen LogP contribution in [0.15, 0.2) is 48.5 Å². The van der Waals surface area contributed by atoms with E-state index in [4.69, 9.17) is 23.2 Å². The normalized spacial score (nSPS) is 15.4. The lowest BCUT2D eigenvalue weighted by molar-refractivity contribution is -0.132. The standard InChI is InChI=1S/C20H22Cl2N2O/c21-18-7-4-8-19(22)17(18)9-10-20(25)24-13-11-23(12-14-24)15-16-5-2-1-3-6-16/h1-8H,9-15H2. The summed E-state index contributed by atoms with van der Waals surface area (Å²) in [5.74, 6) is 0.176. The fourth-order valence-electron chi connectivity index (χ4n) is 3.16. The molecule has 0 radical (unpaired) electrons. The van der Waals surface area contributed by atoms with E-state index >= 15 is 0 Å². The van der Waals surface area contributed by atoms with Crippen LogP contribution in [0.4, 0.5) is 0 Å². The summed E-state index contributed by atoms with van der Waals surface area (Å²) in [5, 5.41) is 1.26. The minimum Gasteiger partial charge on any atom is -0.340 e. The monoisotopic (exact) mass is 376 g/mol. The van der Waals surface area contributed by atoms with E-state index < -0.39 is 0 Å². The van der Waals surface area contributed by atoms with E-state index in [2.05, 4.69) is 29.2 Å². The van der Waals surface area contributed by atoms with Crippen molar-refractivity contribution in [2.75, 3.05) is 26.2 Å². The Morgan fingerprint density at radius 1 is 0.880 bits per heavy atom. The summed E-state index contributed by atoms with van der Waals surface area (Å²) in [5.41, 5.74) is 2.18. The molecule has 1 fully saturated rings. The summed E-state index contributed by atoms with van der Waals surface area (Å²) in [7, 11) is 0. The second kappa shape index (κ2) is 8.70. The summed E-state index contributed by atoms with van der Waals surface area (Å²) < 4.78 is 0. The molecule has 25 heavy (non-hydrogen) atoms. The van der Waals surface area contributed by atoms with Gasteiger partial charge < -0.3 is 4.90 Å². The minimum atomic E-state index is 0.176. The first kappa shape index (κ1) is 18.2. The number of carbonyl (C=O) groups excluding carboxylic acids is 1. The van der Waals surface area contributed by atoms with Gasteiger partial charge in [0.15, 0.2) is 0 Å². The van der Waals surface area contributed by atoms with Crippen molar-refractivity contribution in [3.8, 4) is 0 Å². The average Bonchev–Trinajstić information content (AvgIpc) is 2.62. The van der Waals surface area contributed by atoms with Crippen LogP contribution in [0.25, 0.3) is 0 Å². The van der Waals surface area contributed by atoms with Gasteiger partial charge in [0, 0.05) is 49.2 Å². The summed E-state index contributed by atoms with van der Waals surface area (Å²) in [6, 6.07) is 15.9. The summed E-state index contributed by atoms with van der Waals surface area (Å²) in [6.07, 6.45) is 1.03. The van der Waals surface area contributed by atoms with Crippen LogP contribution in [-0.2, 0) is 17.8 Å². The zero-order valence-electron chi connectivity index (χ0n) is 14.1. The van der Waals surface area contributed by atoms with Gasteiger partial charge in [-0.05, 0) is 29.7 Å². The molecule has 1 aliphatic rings. The van der Waals surface area contributed by atoms with Gasteiger partial charge >= 0.3 is 0 Å². The second-order valence-corrected chi connectivity index (χ2v) is 7.16. The number of piperazine rings is 1. The third-order valence-electron chi connectivity index (χ3n) is 4.62. The number of halogens is 2. The number of benzene rings is 2. The molecule has 0 spiro atoms. The zero-order valence-corrected chi connectivity index (χ0v) is 15.6. The van der Waals surface area contributed by atoms with E-state index in [0.717, 1.165) is 38.3 Å². The molecular formula is C20H22Cl2N2O. The Balaban J connectivity index is 1.47. The van der Waals surface area contributed by atoms with Crippen LogP contribution in [0.5, 0.6) is 0 Å². The Hall–Kier alpha value is -1.55. The molecule has 0 aliphatic carbocycles. The van der Waals surface area contributed by atoms with Crippen molar-refractivity contribution in [2.24, 2.45) is 0 Å². The predicted molar refractivity (Wildman–Crippen MR) is 103 cm³/mol. The maximum atomic E-state index is 12.5. The Morgan fingerprint density at radius 3 is 2.16 bits per heavy atom. The Kier molecular flexibility index (Phi) is 6.35. The Labute approximate surface area is 159 Å². The van der Waals surface area contributed by atoms with E-state index in [1.807, 2.05) is 29.2 Å². The molecular weight excluding hydrogens is 355 g/mol. The van der Waals surface area contributed by atoms with E-state index in [0.29, 0.717) is 22.9 Å². The van der Waals surface area contributed by atoms with Crippen LogP contribution in [0.2, 0.25) is 10.0 Å². The molecule has 5 heteroatoms. The van der Waals surface area contributed by atoms with Gasteiger partial charge in [0.25, 0.3) is 0 Å². The van der Waals surface area contributed by atoms with Crippen LogP contribution in [0.1, 0.15) is 17.5 Å². The minimum absolute atomic E-state index is 0.176. The number of nitrogens with zero attached hydrogens (tertiary/aromatic N) is 2. The van der Waals surface area contributed by atoms with Crippen molar-refractivity contribution in [3.05, 3.63) is 69.7 Å². The molecule has 2 aromatic carbocycles. The highest BCUT2D eigenvalue weighted by atomic mass is 35.5. The van der Waals surface area contributed by atoms with E-state index in [1.165, 1.54) is 5.56 Å². The zero-order chi connectivity index (χ0) is 17.6. The molecule has 0 N–H and O–H groups in total. The van der Waals surface area contributed by atoms with Crippen molar-refractivity contribution in [2.45, 2.75) is 19.4 Å². The number of rotatable bonds is 5. The molecule has 3 rings (SSSR count). The molecule has 132 valence electrons. The van der Waals surface area contributed by atoms with Gasteiger partial charge in [-0.2, -0.15) is 0 Å². The molecule has 1 saturated heterocycles. The fourth-order valence-corrected chi connectivity index (χ4v) is 3.74. The summed E-state index contributed by atoms with van der Waals surface area (Å²) in [4.78, 5) is 16.8. The van der Waals surface area contributed by atoms with Gasteiger partial charge in [0.2, 0.25) is 5.91 Å². The van der Waals surface area contributed by atoms with Crippen LogP contribution in [0.3, 0.4) is 0 Å². The van der Waals surface area contributed by atoms with E-state index in [9.17, 15) is 4.79 Å². The van der Waals surface area contributed by atoms with Crippen molar-refractivity contribution < 1.29 is 4.79 Å². The van der Waals surface area contributed by atoms with Gasteiger partial charge in [0.05, 0.1) is 0 Å². The maximum absolute atomic E-state index is 12.5. The number of hydrogen-bond acceptors (Lipinski definition) is 2. The van der Waals surface area contributed by atoms with Crippen LogP contribution < -0.4 is 0 Å². The Morgan fingerprint density at radius 2 is 1.52 bits per heavy atom. The molecule has 2 aromatic rings. The summed E-state index contributed by atoms with van der Waals surface area (Å²) in [6.45, 7) is 4.32. The number of hydrogen-bond donors (Lipinski definition) is 0. The quantitative estimate of drug-likeness (QED) is 0.777. The summed E-state index contributed by atoms with van der Waals surface area (Å²) >= 11 is 12.4. The Bertz CT molecular complexity index is 693. The van der Waals surface area contributed by atoms with E-state index in [-0.39, 0.29) is 5.91 Å². The first-order chi connectivity index (χ1) is 12.1. The molecule has 0 aromatic heterocycles. The third kappa shape index (κ3) is 4.97. The first-order valence-electron chi connectivity index (χ1n) is 8.60. The lowest BCUT2D eigenvalue weighted by Gasteiger charge is -2.35. The first-order valence-corrected chi connectivity index (χ1v) is 9.36. The number of amides is 1. The maximum Gasteiger partial charge on any atom is 0.222 e. The smallest absolute Gasteiger partial charge is 0.222 e. The largest absolute Gasteiger partial charge is 0.340 e. The highest BCUT2D eigenvalue weighted by Crippen LogP contribution is 2.25. The van der Waals surface area contributed by atoms with Gasteiger partial charge in [-0.15, -0.1) is 0 Å². The van der Waals surface area contributed by atoms with Gasteiger partial charge in [-0.1, -0.05) is 59.6 Å². The van der Waals surface area contributed by atoms with Crippen LogP contribution in [-0.4, -0.2) is 41.9 Å². The molecule has 1 amide bonds. The highest BCUT2D eigenvalue weighted by molar-refractivity contribution is 6.36. The topological polar surface area (TPSA) is 23.6 Å². The molecule has 0 atom stereocenters. The molecule has 0 saturated carbocycles.